The van der Waals surface area contributed by atoms with Gasteiger partial charge in [-0.05, 0) is 47.9 Å². The van der Waals surface area contributed by atoms with Gasteiger partial charge in [-0.15, -0.1) is 0 Å². The maximum absolute atomic E-state index is 12.4. The average Bonchev–Trinajstić information content (AvgIpc) is 3.32. The summed E-state index contributed by atoms with van der Waals surface area (Å²) in [4.78, 5) is 16.1. The molecule has 2 aromatic carbocycles. The lowest BCUT2D eigenvalue weighted by atomic mass is 10.1. The fraction of sp³-hybridized carbons (Fsp3) is 0.250. The summed E-state index contributed by atoms with van der Waals surface area (Å²) < 4.78 is 38.0. The van der Waals surface area contributed by atoms with E-state index in [0.717, 1.165) is 30.0 Å². The summed E-state index contributed by atoms with van der Waals surface area (Å²) in [6.07, 6.45) is 4.08. The van der Waals surface area contributed by atoms with E-state index in [2.05, 4.69) is 21.6 Å². The highest BCUT2D eigenvalue weighted by molar-refractivity contribution is 7.90. The predicted octanol–water partition coefficient (Wildman–Crippen LogP) is 3.90. The molecule has 0 saturated heterocycles. The Balaban J connectivity index is 1.48. The molecule has 0 atom stereocenters. The minimum Gasteiger partial charge on any atom is -0.493 e. The molecule has 35 heavy (non-hydrogen) atoms. The zero-order valence-corrected chi connectivity index (χ0v) is 20.9. The van der Waals surface area contributed by atoms with Crippen LogP contribution >= 0.6 is 11.5 Å². The largest absolute Gasteiger partial charge is 0.493 e. The highest BCUT2D eigenvalue weighted by Gasteiger charge is 2.17. The lowest BCUT2D eigenvalue weighted by Gasteiger charge is -2.09. The Morgan fingerprint density at radius 3 is 2.20 bits per heavy atom. The van der Waals surface area contributed by atoms with E-state index >= 15 is 0 Å². The average molecular weight is 513 g/mol. The van der Waals surface area contributed by atoms with E-state index < -0.39 is 15.7 Å². The van der Waals surface area contributed by atoms with Crippen molar-refractivity contribution < 1.29 is 22.7 Å². The number of anilines is 1. The molecule has 9 nitrogen and oxygen atoms in total. The van der Waals surface area contributed by atoms with Crippen LogP contribution in [0.25, 0.3) is 6.08 Å². The molecule has 0 aliphatic carbocycles. The number of ether oxygens (including phenoxy) is 2. The molecule has 0 aliphatic rings. The van der Waals surface area contributed by atoms with Gasteiger partial charge in [0, 0.05) is 24.2 Å². The van der Waals surface area contributed by atoms with Gasteiger partial charge in [0.15, 0.2) is 0 Å². The molecular weight excluding hydrogens is 488 g/mol. The van der Waals surface area contributed by atoms with Crippen molar-refractivity contribution in [1.82, 2.24) is 9.36 Å². The molecule has 3 rings (SSSR count). The smallest absolute Gasteiger partial charge is 0.268 e. The number of aryl methyl sites for hydroxylation is 1. The van der Waals surface area contributed by atoms with Gasteiger partial charge >= 0.3 is 0 Å². The van der Waals surface area contributed by atoms with Crippen molar-refractivity contribution in [3.05, 3.63) is 65.2 Å². The first kappa shape index (κ1) is 25.9. The number of amides is 1. The maximum Gasteiger partial charge on any atom is 0.268 e. The molecule has 3 aromatic rings. The number of carbonyl (C=O) groups excluding carboxylic acids is 1. The first-order chi connectivity index (χ1) is 16.8. The standard InChI is InChI=1S/C24H24N4O5S2/c1-3-17-5-9-20(10-6-17)32-13-4-14-33-21-11-7-18(8-12-21)15-19(16-25)22(29)26-23-27-24(28-34-23)35(2,30)31/h5-12,15H,3-4,13-14H2,1-2H3,(H,26,27,28,29)/b19-15-. The van der Waals surface area contributed by atoms with Crippen molar-refractivity contribution >= 4 is 38.5 Å². The summed E-state index contributed by atoms with van der Waals surface area (Å²) in [7, 11) is -3.58. The van der Waals surface area contributed by atoms with Crippen LogP contribution in [-0.2, 0) is 21.1 Å². The lowest BCUT2D eigenvalue weighted by Crippen LogP contribution is -2.13. The fourth-order valence-electron chi connectivity index (χ4n) is 2.81. The second-order valence-electron chi connectivity index (χ2n) is 7.40. The van der Waals surface area contributed by atoms with Gasteiger partial charge in [-0.1, -0.05) is 31.2 Å². The van der Waals surface area contributed by atoms with E-state index in [1.54, 1.807) is 24.3 Å². The molecule has 0 saturated carbocycles. The predicted molar refractivity (Wildman–Crippen MR) is 133 cm³/mol. The lowest BCUT2D eigenvalue weighted by molar-refractivity contribution is -0.112. The van der Waals surface area contributed by atoms with Crippen LogP contribution in [0.1, 0.15) is 24.5 Å². The molecule has 0 bridgehead atoms. The molecule has 0 spiro atoms. The van der Waals surface area contributed by atoms with Crippen molar-refractivity contribution in [1.29, 1.82) is 5.26 Å². The van der Waals surface area contributed by atoms with Gasteiger partial charge in [0.25, 0.3) is 11.1 Å². The van der Waals surface area contributed by atoms with Crippen LogP contribution in [0.2, 0.25) is 0 Å². The van der Waals surface area contributed by atoms with Gasteiger partial charge in [-0.25, -0.2) is 8.42 Å². The van der Waals surface area contributed by atoms with E-state index in [0.29, 0.717) is 30.9 Å². The number of nitrogens with zero attached hydrogens (tertiary/aromatic N) is 3. The molecule has 182 valence electrons. The number of aromatic nitrogens is 2. The number of nitrogens with one attached hydrogen (secondary N) is 1. The Hall–Kier alpha value is -3.75. The number of hydrogen-bond acceptors (Lipinski definition) is 9. The number of nitriles is 1. The number of benzene rings is 2. The Labute approximate surface area is 208 Å². The van der Waals surface area contributed by atoms with E-state index in [1.165, 1.54) is 11.6 Å². The molecular formula is C24H24N4O5S2. The van der Waals surface area contributed by atoms with Crippen LogP contribution in [0.15, 0.2) is 59.3 Å². The van der Waals surface area contributed by atoms with Gasteiger partial charge in [0.1, 0.15) is 23.1 Å². The Kier molecular flexibility index (Phi) is 8.94. The third-order valence-electron chi connectivity index (χ3n) is 4.67. The normalized spacial score (nSPS) is 11.5. The summed E-state index contributed by atoms with van der Waals surface area (Å²) in [5.74, 6) is 0.769. The molecule has 0 radical (unpaired) electrons. The number of carbonyl (C=O) groups is 1. The molecule has 11 heteroatoms. The first-order valence-electron chi connectivity index (χ1n) is 10.7. The third-order valence-corrected chi connectivity index (χ3v) is 6.27. The van der Waals surface area contributed by atoms with Crippen molar-refractivity contribution in [3.63, 3.8) is 0 Å². The van der Waals surface area contributed by atoms with Crippen LogP contribution in [-0.4, -0.2) is 43.2 Å². The second-order valence-corrected chi connectivity index (χ2v) is 10.1. The van der Waals surface area contributed by atoms with E-state index in [4.69, 9.17) is 9.47 Å². The van der Waals surface area contributed by atoms with Crippen molar-refractivity contribution in [2.75, 3.05) is 24.8 Å². The summed E-state index contributed by atoms with van der Waals surface area (Å²) in [5, 5.41) is 11.4. The van der Waals surface area contributed by atoms with Gasteiger partial charge in [0.05, 0.1) is 13.2 Å². The molecule has 0 aliphatic heterocycles. The molecule has 1 aromatic heterocycles. The molecule has 1 N–H and O–H groups in total. The minimum absolute atomic E-state index is 0.0118. The van der Waals surface area contributed by atoms with Gasteiger partial charge in [0.2, 0.25) is 15.0 Å². The zero-order chi connectivity index (χ0) is 25.3. The van der Waals surface area contributed by atoms with Crippen molar-refractivity contribution in [2.24, 2.45) is 0 Å². The van der Waals surface area contributed by atoms with Crippen LogP contribution in [0.5, 0.6) is 11.5 Å². The molecule has 0 fully saturated rings. The van der Waals surface area contributed by atoms with Gasteiger partial charge in [-0.3, -0.25) is 10.1 Å². The van der Waals surface area contributed by atoms with Crippen LogP contribution < -0.4 is 14.8 Å². The highest BCUT2D eigenvalue weighted by atomic mass is 32.2. The minimum atomic E-state index is -3.58. The number of hydrogen-bond donors (Lipinski definition) is 1. The van der Waals surface area contributed by atoms with Crippen LogP contribution in [0.4, 0.5) is 5.13 Å². The van der Waals surface area contributed by atoms with Crippen molar-refractivity contribution in [2.45, 2.75) is 24.9 Å². The van der Waals surface area contributed by atoms with E-state index in [-0.39, 0.29) is 15.9 Å². The number of rotatable bonds is 11. The van der Waals surface area contributed by atoms with Crippen LogP contribution in [0.3, 0.4) is 0 Å². The topological polar surface area (TPSA) is 131 Å². The zero-order valence-electron chi connectivity index (χ0n) is 19.2. The number of sulfone groups is 1. The first-order valence-corrected chi connectivity index (χ1v) is 13.4. The van der Waals surface area contributed by atoms with Gasteiger partial charge in [-0.2, -0.15) is 14.6 Å². The van der Waals surface area contributed by atoms with Crippen LogP contribution in [0, 0.1) is 11.3 Å². The van der Waals surface area contributed by atoms with E-state index in [9.17, 15) is 18.5 Å². The third kappa shape index (κ3) is 7.91. The summed E-state index contributed by atoms with van der Waals surface area (Å²) >= 11 is 0.718. The Morgan fingerprint density at radius 1 is 1.09 bits per heavy atom. The highest BCUT2D eigenvalue weighted by Crippen LogP contribution is 2.18. The second kappa shape index (κ2) is 12.1. The summed E-state index contributed by atoms with van der Waals surface area (Å²) in [6.45, 7) is 3.12. The maximum atomic E-state index is 12.4. The fourth-order valence-corrected chi connectivity index (χ4v) is 4.25. The quantitative estimate of drug-likeness (QED) is 0.232. The SMILES string of the molecule is CCc1ccc(OCCCOc2ccc(/C=C(/C#N)C(=O)Nc3nc(S(C)(=O)=O)ns3)cc2)cc1. The van der Waals surface area contributed by atoms with Crippen molar-refractivity contribution in [3.8, 4) is 17.6 Å². The van der Waals surface area contributed by atoms with Gasteiger partial charge < -0.3 is 9.47 Å². The molecule has 0 unspecified atom stereocenters. The molecule has 1 heterocycles. The Bertz CT molecular complexity index is 1330. The molecule has 1 amide bonds. The van der Waals surface area contributed by atoms with E-state index in [1.807, 2.05) is 30.3 Å². The summed E-state index contributed by atoms with van der Waals surface area (Å²) in [5.41, 5.74) is 1.72. The summed E-state index contributed by atoms with van der Waals surface area (Å²) in [6, 6.07) is 16.8. The Morgan fingerprint density at radius 2 is 1.69 bits per heavy atom. The monoisotopic (exact) mass is 512 g/mol.